The second-order valence-corrected chi connectivity index (χ2v) is 3.02. The smallest absolute Gasteiger partial charge is 0.000812 e. The Hall–Kier alpha value is -0.240. The predicted molar refractivity (Wildman–Crippen MR) is 61.2 cm³/mol. The first-order valence-corrected chi connectivity index (χ1v) is 4.24. The van der Waals surface area contributed by atoms with E-state index in [2.05, 4.69) is 29.6 Å². The molecule has 1 aliphatic rings. The van der Waals surface area contributed by atoms with E-state index in [-0.39, 0.29) is 24.8 Å². The SMILES string of the molecule is Cl.Cl.c1ccc2c(c1)CCNCC2. The molecule has 1 aliphatic heterocycles. The molecule has 74 valence electrons. The van der Waals surface area contributed by atoms with Crippen LogP contribution in [0.25, 0.3) is 0 Å². The van der Waals surface area contributed by atoms with Gasteiger partial charge in [-0.25, -0.2) is 0 Å². The summed E-state index contributed by atoms with van der Waals surface area (Å²) in [5, 5.41) is 3.39. The number of nitrogens with one attached hydrogen (secondary N) is 1. The molecule has 0 aromatic heterocycles. The molecule has 0 unspecified atom stereocenters. The van der Waals surface area contributed by atoms with E-state index in [0.29, 0.717) is 0 Å². The molecule has 2 rings (SSSR count). The summed E-state index contributed by atoms with van der Waals surface area (Å²) < 4.78 is 0. The topological polar surface area (TPSA) is 12.0 Å². The zero-order valence-electron chi connectivity index (χ0n) is 7.45. The summed E-state index contributed by atoms with van der Waals surface area (Å²) in [7, 11) is 0. The van der Waals surface area contributed by atoms with Gasteiger partial charge in [-0.2, -0.15) is 0 Å². The zero-order valence-corrected chi connectivity index (χ0v) is 9.09. The minimum Gasteiger partial charge on any atom is -0.316 e. The number of hydrogen-bond acceptors (Lipinski definition) is 1. The third-order valence-electron chi connectivity index (χ3n) is 2.26. The van der Waals surface area contributed by atoms with Gasteiger partial charge in [0.15, 0.2) is 0 Å². The molecule has 1 aromatic rings. The normalized spacial score (nSPS) is 14.5. The summed E-state index contributed by atoms with van der Waals surface area (Å²) in [6.45, 7) is 2.27. The van der Waals surface area contributed by atoms with E-state index in [0.717, 1.165) is 13.1 Å². The van der Waals surface area contributed by atoms with Gasteiger partial charge in [-0.15, -0.1) is 24.8 Å². The predicted octanol–water partition coefficient (Wildman–Crippen LogP) is 2.22. The van der Waals surface area contributed by atoms with E-state index in [9.17, 15) is 0 Å². The molecule has 0 bridgehead atoms. The van der Waals surface area contributed by atoms with E-state index in [1.165, 1.54) is 24.0 Å². The van der Waals surface area contributed by atoms with Crippen molar-refractivity contribution in [2.75, 3.05) is 13.1 Å². The van der Waals surface area contributed by atoms with Gasteiger partial charge in [0, 0.05) is 0 Å². The first kappa shape index (κ1) is 12.8. The second-order valence-electron chi connectivity index (χ2n) is 3.02. The number of fused-ring (bicyclic) bond motifs is 1. The van der Waals surface area contributed by atoms with Crippen molar-refractivity contribution in [2.45, 2.75) is 12.8 Å². The Morgan fingerprint density at radius 2 is 1.31 bits per heavy atom. The molecule has 1 heterocycles. The van der Waals surface area contributed by atoms with Gasteiger partial charge in [0.1, 0.15) is 0 Å². The molecule has 0 aliphatic carbocycles. The third kappa shape index (κ3) is 3.18. The molecule has 0 fully saturated rings. The van der Waals surface area contributed by atoms with Crippen LogP contribution in [0.4, 0.5) is 0 Å². The van der Waals surface area contributed by atoms with Crippen molar-refractivity contribution in [1.29, 1.82) is 0 Å². The van der Waals surface area contributed by atoms with E-state index >= 15 is 0 Å². The Balaban J connectivity index is 0.000000720. The standard InChI is InChI=1S/C10H13N.2ClH/c1-2-4-10-6-8-11-7-5-9(10)3-1;;/h1-4,11H,5-8H2;2*1H. The fourth-order valence-corrected chi connectivity index (χ4v) is 1.62. The van der Waals surface area contributed by atoms with E-state index < -0.39 is 0 Å². The largest absolute Gasteiger partial charge is 0.316 e. The molecular weight excluding hydrogens is 205 g/mol. The molecule has 1 nitrogen and oxygen atoms in total. The van der Waals surface area contributed by atoms with Gasteiger partial charge >= 0.3 is 0 Å². The molecule has 0 spiro atoms. The monoisotopic (exact) mass is 219 g/mol. The lowest BCUT2D eigenvalue weighted by molar-refractivity contribution is 0.711. The highest BCUT2D eigenvalue weighted by Gasteiger charge is 2.04. The third-order valence-corrected chi connectivity index (χ3v) is 2.26. The Morgan fingerprint density at radius 3 is 1.77 bits per heavy atom. The lowest BCUT2D eigenvalue weighted by Gasteiger charge is -2.01. The Labute approximate surface area is 91.7 Å². The van der Waals surface area contributed by atoms with Crippen molar-refractivity contribution in [3.63, 3.8) is 0 Å². The van der Waals surface area contributed by atoms with E-state index in [4.69, 9.17) is 0 Å². The van der Waals surface area contributed by atoms with Crippen LogP contribution in [0.3, 0.4) is 0 Å². The maximum absolute atomic E-state index is 3.39. The first-order valence-electron chi connectivity index (χ1n) is 4.24. The average Bonchev–Trinajstić information content (AvgIpc) is 2.28. The first-order chi connectivity index (χ1) is 5.47. The highest BCUT2D eigenvalue weighted by molar-refractivity contribution is 5.85. The van der Waals surface area contributed by atoms with Crippen LogP contribution in [0.15, 0.2) is 24.3 Å². The summed E-state index contributed by atoms with van der Waals surface area (Å²) >= 11 is 0. The average molecular weight is 220 g/mol. The number of halogens is 2. The summed E-state index contributed by atoms with van der Waals surface area (Å²) in [4.78, 5) is 0. The van der Waals surface area contributed by atoms with Crippen LogP contribution in [0, 0.1) is 0 Å². The number of rotatable bonds is 0. The molecule has 0 saturated carbocycles. The van der Waals surface area contributed by atoms with Gasteiger partial charge in [0.05, 0.1) is 0 Å². The Kier molecular flexibility index (Phi) is 6.13. The van der Waals surface area contributed by atoms with Crippen LogP contribution in [-0.4, -0.2) is 13.1 Å². The lowest BCUT2D eigenvalue weighted by atomic mass is 10.0. The van der Waals surface area contributed by atoms with Crippen LogP contribution >= 0.6 is 24.8 Å². The molecule has 0 atom stereocenters. The molecule has 0 radical (unpaired) electrons. The van der Waals surface area contributed by atoms with Crippen LogP contribution < -0.4 is 5.32 Å². The summed E-state index contributed by atoms with van der Waals surface area (Å²) in [5.74, 6) is 0. The Morgan fingerprint density at radius 1 is 0.846 bits per heavy atom. The molecule has 3 heteroatoms. The second kappa shape index (κ2) is 6.25. The van der Waals surface area contributed by atoms with Crippen molar-refractivity contribution < 1.29 is 0 Å². The Bertz CT molecular complexity index is 225. The fraction of sp³-hybridized carbons (Fsp3) is 0.400. The van der Waals surface area contributed by atoms with Crippen molar-refractivity contribution in [1.82, 2.24) is 5.32 Å². The van der Waals surface area contributed by atoms with Gasteiger partial charge in [-0.05, 0) is 37.1 Å². The number of hydrogen-bond donors (Lipinski definition) is 1. The summed E-state index contributed by atoms with van der Waals surface area (Å²) in [6, 6.07) is 8.74. The van der Waals surface area contributed by atoms with Crippen LogP contribution in [0.5, 0.6) is 0 Å². The van der Waals surface area contributed by atoms with Gasteiger partial charge in [0.2, 0.25) is 0 Å². The van der Waals surface area contributed by atoms with Crippen molar-refractivity contribution in [3.05, 3.63) is 35.4 Å². The molecule has 1 N–H and O–H groups in total. The van der Waals surface area contributed by atoms with Gasteiger partial charge in [-0.1, -0.05) is 24.3 Å². The lowest BCUT2D eigenvalue weighted by Crippen LogP contribution is -2.16. The van der Waals surface area contributed by atoms with Crippen molar-refractivity contribution in [2.24, 2.45) is 0 Å². The van der Waals surface area contributed by atoms with E-state index in [1.54, 1.807) is 0 Å². The fourth-order valence-electron chi connectivity index (χ4n) is 1.62. The molecule has 1 aromatic carbocycles. The quantitative estimate of drug-likeness (QED) is 0.706. The molecular formula is C10H15Cl2N. The minimum atomic E-state index is 0. The van der Waals surface area contributed by atoms with Crippen molar-refractivity contribution in [3.8, 4) is 0 Å². The number of benzene rings is 1. The zero-order chi connectivity index (χ0) is 7.52. The van der Waals surface area contributed by atoms with Crippen LogP contribution in [0.1, 0.15) is 11.1 Å². The molecule has 0 amide bonds. The maximum Gasteiger partial charge on any atom is -0.000812 e. The van der Waals surface area contributed by atoms with Crippen LogP contribution in [-0.2, 0) is 12.8 Å². The van der Waals surface area contributed by atoms with Gasteiger partial charge in [-0.3, -0.25) is 0 Å². The van der Waals surface area contributed by atoms with Crippen LogP contribution in [0.2, 0.25) is 0 Å². The van der Waals surface area contributed by atoms with Crippen molar-refractivity contribution >= 4 is 24.8 Å². The van der Waals surface area contributed by atoms with Gasteiger partial charge in [0.25, 0.3) is 0 Å². The summed E-state index contributed by atoms with van der Waals surface area (Å²) in [6.07, 6.45) is 2.38. The summed E-state index contributed by atoms with van der Waals surface area (Å²) in [5.41, 5.74) is 3.05. The van der Waals surface area contributed by atoms with E-state index in [1.807, 2.05) is 0 Å². The highest BCUT2D eigenvalue weighted by atomic mass is 35.5. The molecule has 0 saturated heterocycles. The highest BCUT2D eigenvalue weighted by Crippen LogP contribution is 2.11. The minimum absolute atomic E-state index is 0. The molecule has 13 heavy (non-hydrogen) atoms. The maximum atomic E-state index is 3.39. The van der Waals surface area contributed by atoms with Gasteiger partial charge < -0.3 is 5.32 Å².